The van der Waals surface area contributed by atoms with E-state index in [-0.39, 0.29) is 24.4 Å². The molecule has 0 bridgehead atoms. The first-order valence-electron chi connectivity index (χ1n) is 11.9. The van der Waals surface area contributed by atoms with Gasteiger partial charge in [0.2, 0.25) is 0 Å². The largest absolute Gasteiger partial charge is 0.490 e. The first-order valence-corrected chi connectivity index (χ1v) is 11.9. The number of nitrogens with zero attached hydrogens (tertiary/aromatic N) is 4. The average Bonchev–Trinajstić information content (AvgIpc) is 2.83. The van der Waals surface area contributed by atoms with Crippen LogP contribution in [0, 0.1) is 45.3 Å². The average molecular weight is 490 g/mol. The first kappa shape index (κ1) is 26.4. The van der Waals surface area contributed by atoms with E-state index in [9.17, 15) is 20.6 Å². The van der Waals surface area contributed by atoms with Crippen LogP contribution >= 0.6 is 0 Å². The summed E-state index contributed by atoms with van der Waals surface area (Å²) in [5, 5.41) is 30.5. The van der Waals surface area contributed by atoms with Gasteiger partial charge < -0.3 is 24.8 Å². The summed E-state index contributed by atoms with van der Waals surface area (Å²) >= 11 is 0. The van der Waals surface area contributed by atoms with E-state index < -0.39 is 28.9 Å². The van der Waals surface area contributed by atoms with Crippen LogP contribution in [0.3, 0.4) is 0 Å². The number of fused-ring (bicyclic) bond motifs is 1. The molecule has 2 atom stereocenters. The zero-order valence-corrected chi connectivity index (χ0v) is 21.3. The highest BCUT2D eigenvalue weighted by Gasteiger charge is 2.55. The number of nitriles is 3. The summed E-state index contributed by atoms with van der Waals surface area (Å²) in [5.74, 6) is -0.328. The number of nitrogens with two attached hydrogens (primary N) is 1. The van der Waals surface area contributed by atoms with Crippen LogP contribution in [0.4, 0.5) is 4.79 Å². The molecule has 0 aromatic heterocycles. The molecule has 0 unspecified atom stereocenters. The van der Waals surface area contributed by atoms with Gasteiger partial charge in [-0.05, 0) is 57.9 Å². The third-order valence-electron chi connectivity index (χ3n) is 6.24. The molecular formula is C27H31N5O4. The molecular weight excluding hydrogens is 458 g/mol. The Morgan fingerprint density at radius 1 is 1.14 bits per heavy atom. The first-order chi connectivity index (χ1) is 17.1. The van der Waals surface area contributed by atoms with E-state index in [1.165, 1.54) is 4.90 Å². The summed E-state index contributed by atoms with van der Waals surface area (Å²) in [5.41, 5.74) is 5.12. The van der Waals surface area contributed by atoms with E-state index in [1.807, 2.05) is 13.8 Å². The third-order valence-corrected chi connectivity index (χ3v) is 6.24. The number of allylic oxidation sites excluding steroid dienone is 2. The summed E-state index contributed by atoms with van der Waals surface area (Å²) in [7, 11) is 0. The monoisotopic (exact) mass is 489 g/mol. The number of hydrogen-bond donors (Lipinski definition) is 1. The van der Waals surface area contributed by atoms with Crippen molar-refractivity contribution in [2.75, 3.05) is 26.3 Å². The lowest BCUT2D eigenvalue weighted by Crippen LogP contribution is -2.50. The van der Waals surface area contributed by atoms with E-state index in [0.717, 1.165) is 0 Å². The number of hydrogen-bond acceptors (Lipinski definition) is 8. The minimum atomic E-state index is -1.83. The molecule has 188 valence electrons. The molecule has 1 aromatic carbocycles. The van der Waals surface area contributed by atoms with Gasteiger partial charge in [0, 0.05) is 24.9 Å². The van der Waals surface area contributed by atoms with Crippen LogP contribution in [0.5, 0.6) is 11.5 Å². The third kappa shape index (κ3) is 4.68. The molecule has 1 aromatic rings. The molecule has 1 amide bonds. The second-order valence-electron chi connectivity index (χ2n) is 9.63. The summed E-state index contributed by atoms with van der Waals surface area (Å²) in [6.45, 7) is 10.2. The van der Waals surface area contributed by atoms with Gasteiger partial charge in [-0.2, -0.15) is 15.8 Å². The maximum absolute atomic E-state index is 12.9. The van der Waals surface area contributed by atoms with Crippen molar-refractivity contribution in [1.82, 2.24) is 4.90 Å². The summed E-state index contributed by atoms with van der Waals surface area (Å²) < 4.78 is 17.0. The predicted molar refractivity (Wildman–Crippen MR) is 131 cm³/mol. The van der Waals surface area contributed by atoms with Crippen LogP contribution in [-0.2, 0) is 4.74 Å². The molecule has 0 saturated carbocycles. The van der Waals surface area contributed by atoms with Gasteiger partial charge in [-0.25, -0.2) is 4.79 Å². The Kier molecular flexibility index (Phi) is 7.51. The molecule has 2 N–H and O–H groups in total. The fourth-order valence-electron chi connectivity index (χ4n) is 4.79. The van der Waals surface area contributed by atoms with Crippen molar-refractivity contribution in [3.05, 3.63) is 46.7 Å². The maximum atomic E-state index is 12.9. The van der Waals surface area contributed by atoms with Gasteiger partial charge in [0.25, 0.3) is 0 Å². The van der Waals surface area contributed by atoms with Crippen molar-refractivity contribution in [3.8, 4) is 29.7 Å². The fourth-order valence-corrected chi connectivity index (χ4v) is 4.79. The Balaban J connectivity index is 2.22. The molecule has 2 aliphatic rings. The molecule has 3 rings (SSSR count). The number of rotatable bonds is 5. The molecule has 1 heterocycles. The lowest BCUT2D eigenvalue weighted by molar-refractivity contribution is 0.0224. The molecule has 0 saturated heterocycles. The van der Waals surface area contributed by atoms with Gasteiger partial charge in [-0.1, -0.05) is 12.1 Å². The molecule has 0 fully saturated rings. The second-order valence-corrected chi connectivity index (χ2v) is 9.63. The molecule has 1 aliphatic carbocycles. The SMILES string of the molecule is CCOc1ccc([C@H]2[C@H]3CN(C(=O)OC(C)(C)C)CC=C3C(C#N)=C(N)C2(C#N)C#N)cc1OCC. The predicted octanol–water partition coefficient (Wildman–Crippen LogP) is 4.14. The molecule has 9 heteroatoms. The van der Waals surface area contributed by atoms with Crippen LogP contribution in [0.25, 0.3) is 0 Å². The van der Waals surface area contributed by atoms with Crippen molar-refractivity contribution in [1.29, 1.82) is 15.8 Å². The minimum Gasteiger partial charge on any atom is -0.490 e. The van der Waals surface area contributed by atoms with Crippen LogP contribution < -0.4 is 15.2 Å². The number of carbonyl (C=O) groups excluding carboxylic acids is 1. The quantitative estimate of drug-likeness (QED) is 0.649. The zero-order valence-electron chi connectivity index (χ0n) is 21.3. The number of benzene rings is 1. The van der Waals surface area contributed by atoms with Crippen molar-refractivity contribution < 1.29 is 19.0 Å². The Morgan fingerprint density at radius 3 is 2.33 bits per heavy atom. The topological polar surface area (TPSA) is 145 Å². The minimum absolute atomic E-state index is 0.0833. The van der Waals surface area contributed by atoms with Crippen molar-refractivity contribution >= 4 is 6.09 Å². The number of amides is 1. The van der Waals surface area contributed by atoms with Gasteiger partial charge in [-0.3, -0.25) is 0 Å². The molecule has 1 aliphatic heterocycles. The Labute approximate surface area is 211 Å². The zero-order chi connectivity index (χ0) is 26.7. The highest BCUT2D eigenvalue weighted by atomic mass is 16.6. The molecule has 0 radical (unpaired) electrons. The van der Waals surface area contributed by atoms with Gasteiger partial charge in [0.15, 0.2) is 16.9 Å². The lowest BCUT2D eigenvalue weighted by atomic mass is 9.58. The molecule has 36 heavy (non-hydrogen) atoms. The second kappa shape index (κ2) is 10.2. The van der Waals surface area contributed by atoms with E-state index in [2.05, 4.69) is 18.2 Å². The van der Waals surface area contributed by atoms with E-state index in [4.69, 9.17) is 19.9 Å². The van der Waals surface area contributed by atoms with E-state index in [0.29, 0.717) is 35.8 Å². The summed E-state index contributed by atoms with van der Waals surface area (Å²) in [6, 6.07) is 11.6. The van der Waals surface area contributed by atoms with Crippen LogP contribution in [-0.4, -0.2) is 42.9 Å². The molecule has 9 nitrogen and oxygen atoms in total. The summed E-state index contributed by atoms with van der Waals surface area (Å²) in [4.78, 5) is 14.4. The van der Waals surface area contributed by atoms with E-state index >= 15 is 0 Å². The Bertz CT molecular complexity index is 1210. The van der Waals surface area contributed by atoms with Crippen molar-refractivity contribution in [3.63, 3.8) is 0 Å². The fraction of sp³-hybridized carbons (Fsp3) is 0.481. The van der Waals surface area contributed by atoms with E-state index in [1.54, 1.807) is 45.0 Å². The van der Waals surface area contributed by atoms with Crippen LogP contribution in [0.2, 0.25) is 0 Å². The van der Waals surface area contributed by atoms with Crippen LogP contribution in [0.1, 0.15) is 46.1 Å². The van der Waals surface area contributed by atoms with Gasteiger partial charge in [0.05, 0.1) is 36.6 Å². The standard InChI is InChI=1S/C27H31N5O4/c1-6-34-21-9-8-17(12-22(21)35-7-2)23-20-14-32(25(33)36-26(3,4)5)11-10-18(20)19(13-28)24(31)27(23,15-29)16-30/h8-10,12,20,23H,6-7,11,14,31H2,1-5H3/t20-,23-/m0/s1. The van der Waals surface area contributed by atoms with Crippen LogP contribution in [0.15, 0.2) is 41.1 Å². The van der Waals surface area contributed by atoms with Gasteiger partial charge in [0.1, 0.15) is 11.7 Å². The van der Waals surface area contributed by atoms with Crippen molar-refractivity contribution in [2.45, 2.75) is 46.1 Å². The van der Waals surface area contributed by atoms with Gasteiger partial charge in [-0.15, -0.1) is 0 Å². The Morgan fingerprint density at radius 2 is 1.78 bits per heavy atom. The summed E-state index contributed by atoms with van der Waals surface area (Å²) in [6.07, 6.45) is 1.24. The highest BCUT2D eigenvalue weighted by molar-refractivity contribution is 5.70. The lowest BCUT2D eigenvalue weighted by Gasteiger charge is -2.45. The van der Waals surface area contributed by atoms with Gasteiger partial charge >= 0.3 is 6.09 Å². The van der Waals surface area contributed by atoms with Crippen molar-refractivity contribution in [2.24, 2.45) is 17.1 Å². The number of ether oxygens (including phenoxy) is 3. The Hall–Kier alpha value is -4.16. The molecule has 0 spiro atoms. The maximum Gasteiger partial charge on any atom is 0.410 e. The highest BCUT2D eigenvalue weighted by Crippen LogP contribution is 2.55. The smallest absolute Gasteiger partial charge is 0.410 e. The normalized spacial score (nSPS) is 20.7. The number of carbonyl (C=O) groups is 1.